The minimum Gasteiger partial charge on any atom is -0.306 e. The third kappa shape index (κ3) is 4.49. The van der Waals surface area contributed by atoms with Crippen molar-refractivity contribution < 1.29 is 0 Å². The van der Waals surface area contributed by atoms with Crippen molar-refractivity contribution in [1.29, 1.82) is 0 Å². The number of hydrogen-bond acceptors (Lipinski definition) is 2. The zero-order valence-electron chi connectivity index (χ0n) is 11.5. The molecule has 1 aromatic carbocycles. The van der Waals surface area contributed by atoms with Gasteiger partial charge in [-0.15, -0.1) is 0 Å². The molecule has 0 aliphatic rings. The van der Waals surface area contributed by atoms with Crippen LogP contribution in [0.25, 0.3) is 0 Å². The lowest BCUT2D eigenvalue weighted by atomic mass is 10.0. The molecule has 1 heterocycles. The van der Waals surface area contributed by atoms with E-state index >= 15 is 0 Å². The third-order valence-electron chi connectivity index (χ3n) is 3.32. The lowest BCUT2D eigenvalue weighted by Gasteiger charge is -2.19. The fourth-order valence-electron chi connectivity index (χ4n) is 2.22. The summed E-state index contributed by atoms with van der Waals surface area (Å²) < 4.78 is 0. The first-order valence-corrected chi connectivity index (χ1v) is 7.07. The van der Waals surface area contributed by atoms with E-state index in [1.54, 1.807) is 0 Å². The van der Waals surface area contributed by atoms with Crippen molar-refractivity contribution >= 4 is 0 Å². The molecule has 0 saturated carbocycles. The molecule has 2 rings (SSSR count). The van der Waals surface area contributed by atoms with Crippen LogP contribution >= 0.6 is 0 Å². The Morgan fingerprint density at radius 2 is 1.95 bits per heavy atom. The Hall–Kier alpha value is -1.67. The Morgan fingerprint density at radius 1 is 1.11 bits per heavy atom. The van der Waals surface area contributed by atoms with E-state index in [2.05, 4.69) is 53.6 Å². The topological polar surface area (TPSA) is 24.9 Å². The number of nitrogens with one attached hydrogen (secondary N) is 1. The quantitative estimate of drug-likeness (QED) is 0.804. The van der Waals surface area contributed by atoms with Crippen LogP contribution in [0.15, 0.2) is 54.9 Å². The molecule has 0 aliphatic heterocycles. The van der Waals surface area contributed by atoms with Gasteiger partial charge in [-0.1, -0.05) is 56.2 Å². The highest BCUT2D eigenvalue weighted by molar-refractivity contribution is 5.19. The number of rotatable bonds is 7. The molecule has 19 heavy (non-hydrogen) atoms. The fourth-order valence-corrected chi connectivity index (χ4v) is 2.22. The van der Waals surface area contributed by atoms with Gasteiger partial charge in [-0.3, -0.25) is 4.98 Å². The lowest BCUT2D eigenvalue weighted by Crippen LogP contribution is -2.21. The molecule has 1 aromatic heterocycles. The van der Waals surface area contributed by atoms with E-state index in [1.165, 1.54) is 30.4 Å². The van der Waals surface area contributed by atoms with Gasteiger partial charge in [-0.25, -0.2) is 0 Å². The number of pyridine rings is 1. The summed E-state index contributed by atoms with van der Waals surface area (Å²) in [5.74, 6) is 0. The van der Waals surface area contributed by atoms with Gasteiger partial charge in [0.25, 0.3) is 0 Å². The summed E-state index contributed by atoms with van der Waals surface area (Å²) in [5, 5.41) is 3.65. The van der Waals surface area contributed by atoms with Crippen molar-refractivity contribution in [2.24, 2.45) is 0 Å². The second-order valence-corrected chi connectivity index (χ2v) is 4.85. The third-order valence-corrected chi connectivity index (χ3v) is 3.32. The van der Waals surface area contributed by atoms with Gasteiger partial charge < -0.3 is 5.32 Å². The maximum Gasteiger partial charge on any atom is 0.0323 e. The highest BCUT2D eigenvalue weighted by atomic mass is 14.9. The molecule has 0 amide bonds. The van der Waals surface area contributed by atoms with Crippen LogP contribution in [0.5, 0.6) is 0 Å². The maximum atomic E-state index is 4.16. The van der Waals surface area contributed by atoms with Crippen molar-refractivity contribution in [3.63, 3.8) is 0 Å². The van der Waals surface area contributed by atoms with Crippen LogP contribution in [0, 0.1) is 0 Å². The molecule has 0 aliphatic carbocycles. The van der Waals surface area contributed by atoms with Crippen LogP contribution in [-0.4, -0.2) is 4.98 Å². The summed E-state index contributed by atoms with van der Waals surface area (Å²) in [6, 6.07) is 15.2. The van der Waals surface area contributed by atoms with Gasteiger partial charge in [0.05, 0.1) is 0 Å². The average molecular weight is 254 g/mol. The summed E-state index contributed by atoms with van der Waals surface area (Å²) in [5.41, 5.74) is 2.61. The molecular weight excluding hydrogens is 232 g/mol. The molecule has 0 saturated heterocycles. The van der Waals surface area contributed by atoms with Gasteiger partial charge in [0.1, 0.15) is 0 Å². The molecule has 1 atom stereocenters. The van der Waals surface area contributed by atoms with E-state index in [4.69, 9.17) is 0 Å². The number of benzene rings is 1. The van der Waals surface area contributed by atoms with Gasteiger partial charge >= 0.3 is 0 Å². The first kappa shape index (κ1) is 13.8. The predicted molar refractivity (Wildman–Crippen MR) is 79.8 cm³/mol. The highest BCUT2D eigenvalue weighted by Gasteiger charge is 2.09. The molecule has 0 bridgehead atoms. The zero-order valence-corrected chi connectivity index (χ0v) is 11.5. The van der Waals surface area contributed by atoms with E-state index in [0.29, 0.717) is 6.04 Å². The molecule has 0 spiro atoms. The highest BCUT2D eigenvalue weighted by Crippen LogP contribution is 2.19. The Morgan fingerprint density at radius 3 is 2.63 bits per heavy atom. The van der Waals surface area contributed by atoms with E-state index in [0.717, 1.165) is 6.54 Å². The molecule has 1 N–H and O–H groups in total. The van der Waals surface area contributed by atoms with E-state index in [1.807, 2.05) is 18.5 Å². The minimum absolute atomic E-state index is 0.432. The van der Waals surface area contributed by atoms with Gasteiger partial charge in [0.15, 0.2) is 0 Å². The van der Waals surface area contributed by atoms with Crippen LogP contribution < -0.4 is 5.32 Å². The summed E-state index contributed by atoms with van der Waals surface area (Å²) in [6.45, 7) is 3.11. The molecular formula is C17H22N2. The van der Waals surface area contributed by atoms with E-state index < -0.39 is 0 Å². The van der Waals surface area contributed by atoms with Crippen molar-refractivity contribution in [2.45, 2.75) is 38.8 Å². The minimum atomic E-state index is 0.432. The first-order valence-electron chi connectivity index (χ1n) is 7.07. The number of aromatic nitrogens is 1. The number of nitrogens with zero attached hydrogens (tertiary/aromatic N) is 1. The van der Waals surface area contributed by atoms with E-state index in [-0.39, 0.29) is 0 Å². The predicted octanol–water partition coefficient (Wildman–Crippen LogP) is 4.10. The molecule has 2 aromatic rings. The van der Waals surface area contributed by atoms with Crippen molar-refractivity contribution in [3.05, 3.63) is 66.0 Å². The van der Waals surface area contributed by atoms with Gasteiger partial charge in [-0.2, -0.15) is 0 Å². The normalized spacial score (nSPS) is 12.3. The molecule has 2 heteroatoms. The smallest absolute Gasteiger partial charge is 0.0323 e. The SMILES string of the molecule is CCCCC(NCc1cccnc1)c1ccccc1. The second-order valence-electron chi connectivity index (χ2n) is 4.85. The molecule has 0 fully saturated rings. The van der Waals surface area contributed by atoms with Crippen LogP contribution in [0.1, 0.15) is 43.4 Å². The number of hydrogen-bond donors (Lipinski definition) is 1. The fraction of sp³-hybridized carbons (Fsp3) is 0.353. The summed E-state index contributed by atoms with van der Waals surface area (Å²) in [4.78, 5) is 4.16. The van der Waals surface area contributed by atoms with Gasteiger partial charge in [0.2, 0.25) is 0 Å². The first-order chi connectivity index (χ1) is 9.40. The van der Waals surface area contributed by atoms with Gasteiger partial charge in [0, 0.05) is 25.0 Å². The van der Waals surface area contributed by atoms with Crippen LogP contribution in [0.3, 0.4) is 0 Å². The molecule has 2 nitrogen and oxygen atoms in total. The number of unbranched alkanes of at least 4 members (excludes halogenated alkanes) is 1. The maximum absolute atomic E-state index is 4.16. The Labute approximate surface area is 115 Å². The summed E-state index contributed by atoms with van der Waals surface area (Å²) in [6.07, 6.45) is 7.41. The summed E-state index contributed by atoms with van der Waals surface area (Å²) in [7, 11) is 0. The van der Waals surface area contributed by atoms with Crippen LogP contribution in [-0.2, 0) is 6.54 Å². The Kier molecular flexibility index (Phi) is 5.57. The standard InChI is InChI=1S/C17H22N2/c1-2-3-11-17(16-9-5-4-6-10-16)19-14-15-8-7-12-18-13-15/h4-10,12-13,17,19H,2-3,11,14H2,1H3. The van der Waals surface area contributed by atoms with Crippen molar-refractivity contribution in [3.8, 4) is 0 Å². The zero-order chi connectivity index (χ0) is 13.3. The Balaban J connectivity index is 1.98. The Bertz CT molecular complexity index is 453. The van der Waals surface area contributed by atoms with Crippen molar-refractivity contribution in [2.75, 3.05) is 0 Å². The average Bonchev–Trinajstić information content (AvgIpc) is 2.49. The lowest BCUT2D eigenvalue weighted by molar-refractivity contribution is 0.480. The van der Waals surface area contributed by atoms with E-state index in [9.17, 15) is 0 Å². The molecule has 100 valence electrons. The monoisotopic (exact) mass is 254 g/mol. The van der Waals surface area contributed by atoms with Crippen molar-refractivity contribution in [1.82, 2.24) is 10.3 Å². The summed E-state index contributed by atoms with van der Waals surface area (Å²) >= 11 is 0. The van der Waals surface area contributed by atoms with Crippen LogP contribution in [0.2, 0.25) is 0 Å². The van der Waals surface area contributed by atoms with Crippen LogP contribution in [0.4, 0.5) is 0 Å². The second kappa shape index (κ2) is 7.70. The largest absolute Gasteiger partial charge is 0.306 e. The van der Waals surface area contributed by atoms with Gasteiger partial charge in [-0.05, 0) is 23.6 Å². The molecule has 1 unspecified atom stereocenters. The molecule has 0 radical (unpaired) electrons.